The molecule has 1 unspecified atom stereocenters. The van der Waals surface area contributed by atoms with E-state index in [1.54, 1.807) is 6.20 Å². The summed E-state index contributed by atoms with van der Waals surface area (Å²) in [6, 6.07) is 2.30. The van der Waals surface area contributed by atoms with Crippen LogP contribution in [0.3, 0.4) is 0 Å². The molecule has 4 heteroatoms. The van der Waals surface area contributed by atoms with Crippen LogP contribution in [0.4, 0.5) is 0 Å². The van der Waals surface area contributed by atoms with Gasteiger partial charge in [-0.2, -0.15) is 0 Å². The van der Waals surface area contributed by atoms with Crippen LogP contribution in [0.15, 0.2) is 12.3 Å². The molecule has 0 saturated carbocycles. The van der Waals surface area contributed by atoms with E-state index in [1.807, 2.05) is 13.0 Å². The molecule has 1 aromatic rings. The monoisotopic (exact) mass is 249 g/mol. The Balaban J connectivity index is 1.98. The number of aryl methyl sites for hydroxylation is 1. The van der Waals surface area contributed by atoms with Gasteiger partial charge in [-0.25, -0.2) is 9.97 Å². The van der Waals surface area contributed by atoms with Crippen LogP contribution in [0, 0.1) is 6.92 Å². The van der Waals surface area contributed by atoms with E-state index in [4.69, 9.17) is 4.74 Å². The summed E-state index contributed by atoms with van der Waals surface area (Å²) in [5, 5.41) is 3.56. The summed E-state index contributed by atoms with van der Waals surface area (Å²) in [5.74, 6) is 0.816. The van der Waals surface area contributed by atoms with Crippen molar-refractivity contribution in [2.75, 3.05) is 0 Å². The number of ether oxygens (including phenoxy) is 1. The highest BCUT2D eigenvalue weighted by atomic mass is 16.5. The van der Waals surface area contributed by atoms with Gasteiger partial charge in [0.25, 0.3) is 0 Å². The number of aromatic nitrogens is 2. The van der Waals surface area contributed by atoms with Gasteiger partial charge >= 0.3 is 0 Å². The lowest BCUT2D eigenvalue weighted by molar-refractivity contribution is -0.0699. The van der Waals surface area contributed by atoms with E-state index in [-0.39, 0.29) is 11.2 Å². The Bertz CT molecular complexity index is 429. The highest BCUT2D eigenvalue weighted by Crippen LogP contribution is 2.37. The molecule has 1 aliphatic rings. The molecular formula is C14H23N3O. The van der Waals surface area contributed by atoms with Crippen molar-refractivity contribution in [1.29, 1.82) is 0 Å². The summed E-state index contributed by atoms with van der Waals surface area (Å²) in [4.78, 5) is 8.51. The molecule has 0 bridgehead atoms. The third-order valence-electron chi connectivity index (χ3n) is 3.44. The quantitative estimate of drug-likeness (QED) is 0.892. The van der Waals surface area contributed by atoms with Crippen LogP contribution in [0.25, 0.3) is 0 Å². The van der Waals surface area contributed by atoms with Crippen molar-refractivity contribution in [2.45, 2.75) is 64.8 Å². The smallest absolute Gasteiger partial charge is 0.125 e. The summed E-state index contributed by atoms with van der Waals surface area (Å²) in [5.41, 5.74) is 0.844. The summed E-state index contributed by atoms with van der Waals surface area (Å²) in [7, 11) is 0. The van der Waals surface area contributed by atoms with Gasteiger partial charge in [-0.15, -0.1) is 0 Å². The second-order valence-corrected chi connectivity index (χ2v) is 6.20. The molecule has 2 heterocycles. The molecule has 0 aromatic carbocycles. The van der Waals surface area contributed by atoms with E-state index in [0.717, 1.165) is 24.5 Å². The maximum atomic E-state index is 6.07. The Labute approximate surface area is 109 Å². The van der Waals surface area contributed by atoms with Crippen LogP contribution >= 0.6 is 0 Å². The number of hydrogen-bond acceptors (Lipinski definition) is 4. The predicted molar refractivity (Wildman–Crippen MR) is 71.3 cm³/mol. The molecule has 0 amide bonds. The maximum Gasteiger partial charge on any atom is 0.125 e. The minimum Gasteiger partial charge on any atom is -0.368 e. The predicted octanol–water partition coefficient (Wildman–Crippen LogP) is 2.22. The molecule has 1 saturated heterocycles. The van der Waals surface area contributed by atoms with Gasteiger partial charge in [0, 0.05) is 18.8 Å². The van der Waals surface area contributed by atoms with Gasteiger partial charge < -0.3 is 10.1 Å². The molecule has 1 aromatic heterocycles. The fourth-order valence-corrected chi connectivity index (χ4v) is 2.71. The van der Waals surface area contributed by atoms with Crippen molar-refractivity contribution < 1.29 is 4.74 Å². The first-order valence-electron chi connectivity index (χ1n) is 6.51. The van der Waals surface area contributed by atoms with Crippen molar-refractivity contribution in [3.8, 4) is 0 Å². The Morgan fingerprint density at radius 3 is 2.67 bits per heavy atom. The van der Waals surface area contributed by atoms with E-state index in [9.17, 15) is 0 Å². The van der Waals surface area contributed by atoms with E-state index in [2.05, 4.69) is 43.0 Å². The lowest BCUT2D eigenvalue weighted by Gasteiger charge is -2.27. The zero-order valence-corrected chi connectivity index (χ0v) is 11.9. The van der Waals surface area contributed by atoms with Gasteiger partial charge in [-0.1, -0.05) is 0 Å². The van der Waals surface area contributed by atoms with Crippen LogP contribution in [0.5, 0.6) is 0 Å². The van der Waals surface area contributed by atoms with Crippen LogP contribution < -0.4 is 5.32 Å². The van der Waals surface area contributed by atoms with Gasteiger partial charge in [0.15, 0.2) is 0 Å². The first kappa shape index (κ1) is 13.4. The highest BCUT2D eigenvalue weighted by molar-refractivity contribution is 5.04. The van der Waals surface area contributed by atoms with E-state index in [1.165, 1.54) is 0 Å². The molecular weight excluding hydrogens is 226 g/mol. The van der Waals surface area contributed by atoms with Crippen LogP contribution in [0.1, 0.15) is 45.6 Å². The average molecular weight is 249 g/mol. The summed E-state index contributed by atoms with van der Waals surface area (Å²) in [6.45, 7) is 11.2. The molecule has 1 aliphatic heterocycles. The molecule has 0 radical (unpaired) electrons. The molecule has 18 heavy (non-hydrogen) atoms. The van der Waals surface area contributed by atoms with Gasteiger partial charge in [-0.3, -0.25) is 0 Å². The van der Waals surface area contributed by atoms with Crippen molar-refractivity contribution >= 4 is 0 Å². The number of nitrogens with zero attached hydrogens (tertiary/aromatic N) is 2. The van der Waals surface area contributed by atoms with Crippen LogP contribution in [-0.4, -0.2) is 27.2 Å². The lowest BCUT2D eigenvalue weighted by atomic mass is 9.94. The van der Waals surface area contributed by atoms with Gasteiger partial charge in [-0.05, 0) is 47.1 Å². The standard InChI is InChI=1S/C14H23N3O/c1-10-15-7-6-11(17-10)9-16-12-8-13(2,3)18-14(12,4)5/h6-7,12,16H,8-9H2,1-5H3. The molecule has 1 N–H and O–H groups in total. The van der Waals surface area contributed by atoms with E-state index in [0.29, 0.717) is 6.04 Å². The summed E-state index contributed by atoms with van der Waals surface area (Å²) >= 11 is 0. The Hall–Kier alpha value is -1.00. The van der Waals surface area contributed by atoms with Crippen molar-refractivity contribution in [3.05, 3.63) is 23.8 Å². The van der Waals surface area contributed by atoms with Crippen LogP contribution in [0.2, 0.25) is 0 Å². The first-order chi connectivity index (χ1) is 8.28. The SMILES string of the molecule is Cc1nccc(CNC2CC(C)(C)OC2(C)C)n1. The second kappa shape index (κ2) is 4.59. The molecule has 0 aliphatic carbocycles. The lowest BCUT2D eigenvalue weighted by Crippen LogP contribution is -2.43. The normalized spacial score (nSPS) is 25.3. The molecule has 100 valence electrons. The van der Waals surface area contributed by atoms with Gasteiger partial charge in [0.05, 0.1) is 16.9 Å². The fourth-order valence-electron chi connectivity index (χ4n) is 2.71. The van der Waals surface area contributed by atoms with Crippen molar-refractivity contribution in [2.24, 2.45) is 0 Å². The van der Waals surface area contributed by atoms with E-state index >= 15 is 0 Å². The van der Waals surface area contributed by atoms with E-state index < -0.39 is 0 Å². The minimum atomic E-state index is -0.133. The summed E-state index contributed by atoms with van der Waals surface area (Å²) in [6.07, 6.45) is 2.82. The maximum absolute atomic E-state index is 6.07. The topological polar surface area (TPSA) is 47.0 Å². The molecule has 4 nitrogen and oxygen atoms in total. The first-order valence-corrected chi connectivity index (χ1v) is 6.51. The molecule has 0 spiro atoms. The number of nitrogens with one attached hydrogen (secondary N) is 1. The zero-order valence-electron chi connectivity index (χ0n) is 11.9. The summed E-state index contributed by atoms with van der Waals surface area (Å²) < 4.78 is 6.07. The third-order valence-corrected chi connectivity index (χ3v) is 3.44. The zero-order chi connectivity index (χ0) is 13.4. The second-order valence-electron chi connectivity index (χ2n) is 6.20. The largest absolute Gasteiger partial charge is 0.368 e. The average Bonchev–Trinajstić information content (AvgIpc) is 2.43. The number of rotatable bonds is 3. The molecule has 1 atom stereocenters. The fraction of sp³-hybridized carbons (Fsp3) is 0.714. The van der Waals surface area contributed by atoms with Gasteiger partial charge in [0.2, 0.25) is 0 Å². The van der Waals surface area contributed by atoms with Crippen LogP contribution in [-0.2, 0) is 11.3 Å². The molecule has 2 rings (SSSR count). The Morgan fingerprint density at radius 2 is 2.11 bits per heavy atom. The van der Waals surface area contributed by atoms with Gasteiger partial charge in [0.1, 0.15) is 5.82 Å². The van der Waals surface area contributed by atoms with Crippen molar-refractivity contribution in [3.63, 3.8) is 0 Å². The van der Waals surface area contributed by atoms with Crippen molar-refractivity contribution in [1.82, 2.24) is 15.3 Å². The highest BCUT2D eigenvalue weighted by Gasteiger charge is 2.45. The minimum absolute atomic E-state index is 0.0528. The molecule has 1 fully saturated rings. The Morgan fingerprint density at radius 1 is 1.39 bits per heavy atom. The number of hydrogen-bond donors (Lipinski definition) is 1. The Kier molecular flexibility index (Phi) is 3.43. The third kappa shape index (κ3) is 3.06.